The Labute approximate surface area is 171 Å². The molecule has 0 unspecified atom stereocenters. The zero-order chi connectivity index (χ0) is 18.6. The summed E-state index contributed by atoms with van der Waals surface area (Å²) in [5, 5.41) is 2.14. The van der Waals surface area contributed by atoms with E-state index in [0.717, 1.165) is 44.8 Å². The molecule has 0 atom stereocenters. The van der Waals surface area contributed by atoms with Crippen molar-refractivity contribution in [2.24, 2.45) is 4.99 Å². The van der Waals surface area contributed by atoms with E-state index in [-0.39, 0.29) is 0 Å². The number of rotatable bonds is 5. The molecule has 0 saturated carbocycles. The van der Waals surface area contributed by atoms with Crippen molar-refractivity contribution >= 4 is 33.0 Å². The van der Waals surface area contributed by atoms with Crippen LogP contribution in [0.4, 0.5) is 5.69 Å². The largest absolute Gasteiger partial charge is 0.497 e. The fourth-order valence-corrected chi connectivity index (χ4v) is 4.16. The van der Waals surface area contributed by atoms with Crippen LogP contribution in [0.2, 0.25) is 0 Å². The van der Waals surface area contributed by atoms with Crippen molar-refractivity contribution in [1.29, 1.82) is 0 Å². The van der Waals surface area contributed by atoms with Gasteiger partial charge >= 0.3 is 0 Å². The number of hydrogen-bond acceptors (Lipinski definition) is 4. The standard InChI is InChI=1S/C21H20BrN3OS/c1-26-19-8-4-7-18(13-19)23-21-25(24-17-5-2-3-6-17)20(14-27-21)15-9-11-16(22)12-10-15/h4-5,7-14,24H,2-3,6H2,1H3. The monoisotopic (exact) mass is 441 g/mol. The molecule has 1 heterocycles. The minimum absolute atomic E-state index is 0.805. The van der Waals surface area contributed by atoms with Crippen molar-refractivity contribution in [1.82, 2.24) is 4.68 Å². The maximum absolute atomic E-state index is 5.32. The predicted molar refractivity (Wildman–Crippen MR) is 115 cm³/mol. The number of benzene rings is 2. The zero-order valence-electron chi connectivity index (χ0n) is 15.0. The number of halogens is 1. The van der Waals surface area contributed by atoms with E-state index in [0.29, 0.717) is 0 Å². The minimum Gasteiger partial charge on any atom is -0.497 e. The molecule has 1 aliphatic rings. The first-order chi connectivity index (χ1) is 13.2. The van der Waals surface area contributed by atoms with Crippen LogP contribution in [0.25, 0.3) is 11.3 Å². The second-order valence-electron chi connectivity index (χ2n) is 6.29. The van der Waals surface area contributed by atoms with E-state index in [9.17, 15) is 0 Å². The van der Waals surface area contributed by atoms with E-state index >= 15 is 0 Å². The van der Waals surface area contributed by atoms with Gasteiger partial charge in [-0.05, 0) is 43.5 Å². The Bertz CT molecular complexity index is 1030. The topological polar surface area (TPSA) is 38.5 Å². The van der Waals surface area contributed by atoms with Gasteiger partial charge in [0, 0.05) is 27.2 Å². The van der Waals surface area contributed by atoms with Crippen LogP contribution in [-0.2, 0) is 0 Å². The SMILES string of the molecule is COc1cccc(N=c2scc(-c3ccc(Br)cc3)n2NC2=CCCC2)c1. The summed E-state index contributed by atoms with van der Waals surface area (Å²) in [5.74, 6) is 0.805. The van der Waals surface area contributed by atoms with E-state index in [4.69, 9.17) is 9.73 Å². The third-order valence-electron chi connectivity index (χ3n) is 4.42. The lowest BCUT2D eigenvalue weighted by Gasteiger charge is -2.13. The number of allylic oxidation sites excluding steroid dienone is 2. The molecule has 2 aromatic carbocycles. The number of aromatic nitrogens is 1. The van der Waals surface area contributed by atoms with Crippen LogP contribution in [0, 0.1) is 0 Å². The summed E-state index contributed by atoms with van der Waals surface area (Å²) in [5.41, 5.74) is 7.94. The quantitative estimate of drug-likeness (QED) is 0.540. The van der Waals surface area contributed by atoms with Crippen molar-refractivity contribution in [3.05, 3.63) is 75.0 Å². The van der Waals surface area contributed by atoms with Gasteiger partial charge < -0.3 is 4.74 Å². The summed E-state index contributed by atoms with van der Waals surface area (Å²) in [6.07, 6.45) is 5.67. The fraction of sp³-hybridized carbons (Fsp3) is 0.190. The highest BCUT2D eigenvalue weighted by Crippen LogP contribution is 2.25. The van der Waals surface area contributed by atoms with Crippen molar-refractivity contribution < 1.29 is 4.74 Å². The summed E-state index contributed by atoms with van der Waals surface area (Å²) >= 11 is 5.13. The van der Waals surface area contributed by atoms with Crippen LogP contribution < -0.4 is 15.0 Å². The summed E-state index contributed by atoms with van der Waals surface area (Å²) < 4.78 is 8.48. The molecule has 0 amide bonds. The lowest BCUT2D eigenvalue weighted by atomic mass is 10.2. The molecule has 6 heteroatoms. The van der Waals surface area contributed by atoms with E-state index in [1.807, 2.05) is 24.3 Å². The molecular formula is C21H20BrN3OS. The van der Waals surface area contributed by atoms with Crippen LogP contribution in [0.5, 0.6) is 5.75 Å². The predicted octanol–water partition coefficient (Wildman–Crippen LogP) is 5.83. The molecule has 0 saturated heterocycles. The van der Waals surface area contributed by atoms with Gasteiger partial charge in [-0.2, -0.15) is 0 Å². The van der Waals surface area contributed by atoms with Crippen LogP contribution in [0.3, 0.4) is 0 Å². The highest BCUT2D eigenvalue weighted by Gasteiger charge is 2.12. The molecule has 1 N–H and O–H groups in total. The van der Waals surface area contributed by atoms with Crippen LogP contribution in [0.1, 0.15) is 19.3 Å². The molecule has 0 radical (unpaired) electrons. The van der Waals surface area contributed by atoms with Gasteiger partial charge in [-0.3, -0.25) is 5.43 Å². The highest BCUT2D eigenvalue weighted by atomic mass is 79.9. The number of methoxy groups -OCH3 is 1. The highest BCUT2D eigenvalue weighted by molar-refractivity contribution is 9.10. The smallest absolute Gasteiger partial charge is 0.209 e. The van der Waals surface area contributed by atoms with E-state index < -0.39 is 0 Å². The van der Waals surface area contributed by atoms with Gasteiger partial charge in [-0.15, -0.1) is 11.3 Å². The van der Waals surface area contributed by atoms with Crippen molar-refractivity contribution in [2.45, 2.75) is 19.3 Å². The zero-order valence-corrected chi connectivity index (χ0v) is 17.4. The number of ether oxygens (including phenoxy) is 1. The van der Waals surface area contributed by atoms with Crippen LogP contribution in [-0.4, -0.2) is 11.8 Å². The molecule has 0 fully saturated rings. The molecule has 1 aliphatic carbocycles. The van der Waals surface area contributed by atoms with Gasteiger partial charge in [0.25, 0.3) is 0 Å². The average Bonchev–Trinajstić information content (AvgIpc) is 3.34. The Morgan fingerprint density at radius 3 is 2.78 bits per heavy atom. The molecule has 1 aromatic heterocycles. The number of nitrogens with one attached hydrogen (secondary N) is 1. The molecule has 4 rings (SSSR count). The normalized spacial score (nSPS) is 14.3. The lowest BCUT2D eigenvalue weighted by molar-refractivity contribution is 0.415. The molecule has 0 bridgehead atoms. The fourth-order valence-electron chi connectivity index (χ4n) is 3.03. The number of hydrogen-bond donors (Lipinski definition) is 1. The lowest BCUT2D eigenvalue weighted by Crippen LogP contribution is -2.25. The molecular weight excluding hydrogens is 422 g/mol. The molecule has 0 aliphatic heterocycles. The van der Waals surface area contributed by atoms with Crippen molar-refractivity contribution in [3.8, 4) is 17.0 Å². The van der Waals surface area contributed by atoms with Gasteiger partial charge in [0.1, 0.15) is 5.75 Å². The Kier molecular flexibility index (Phi) is 5.45. The van der Waals surface area contributed by atoms with Crippen molar-refractivity contribution in [2.75, 3.05) is 12.5 Å². The average molecular weight is 442 g/mol. The van der Waals surface area contributed by atoms with Crippen LogP contribution in [0.15, 0.2) is 75.1 Å². The molecule has 27 heavy (non-hydrogen) atoms. The first kappa shape index (κ1) is 18.1. The first-order valence-electron chi connectivity index (χ1n) is 8.84. The Morgan fingerprint density at radius 2 is 2.04 bits per heavy atom. The van der Waals surface area contributed by atoms with E-state index in [2.05, 4.69) is 61.8 Å². The van der Waals surface area contributed by atoms with Gasteiger partial charge in [0.15, 0.2) is 0 Å². The van der Waals surface area contributed by atoms with E-state index in [1.54, 1.807) is 18.4 Å². The second-order valence-corrected chi connectivity index (χ2v) is 8.04. The minimum atomic E-state index is 0.805. The Balaban J connectivity index is 1.80. The molecule has 0 spiro atoms. The molecule has 3 aromatic rings. The summed E-state index contributed by atoms with van der Waals surface area (Å²) in [4.78, 5) is 5.76. The van der Waals surface area contributed by atoms with Gasteiger partial charge in [0.05, 0.1) is 18.5 Å². The first-order valence-corrected chi connectivity index (χ1v) is 10.5. The maximum atomic E-state index is 5.32. The summed E-state index contributed by atoms with van der Waals surface area (Å²) in [7, 11) is 1.67. The van der Waals surface area contributed by atoms with Gasteiger partial charge in [-0.1, -0.05) is 40.2 Å². The van der Waals surface area contributed by atoms with Gasteiger partial charge in [-0.25, -0.2) is 9.67 Å². The maximum Gasteiger partial charge on any atom is 0.209 e. The Morgan fingerprint density at radius 1 is 1.19 bits per heavy atom. The summed E-state index contributed by atoms with van der Waals surface area (Å²) in [6.45, 7) is 0. The number of nitrogens with zero attached hydrogens (tertiary/aromatic N) is 2. The molecule has 138 valence electrons. The van der Waals surface area contributed by atoms with Crippen molar-refractivity contribution in [3.63, 3.8) is 0 Å². The third kappa shape index (κ3) is 4.17. The van der Waals surface area contributed by atoms with Crippen LogP contribution >= 0.6 is 27.3 Å². The third-order valence-corrected chi connectivity index (χ3v) is 5.78. The number of thiazole rings is 1. The summed E-state index contributed by atoms with van der Waals surface area (Å²) in [6, 6.07) is 16.2. The second kappa shape index (κ2) is 8.15. The Hall–Kier alpha value is -2.31. The molecule has 4 nitrogen and oxygen atoms in total. The van der Waals surface area contributed by atoms with Gasteiger partial charge in [0.2, 0.25) is 4.80 Å². The van der Waals surface area contributed by atoms with E-state index in [1.165, 1.54) is 12.1 Å².